The van der Waals surface area contributed by atoms with Crippen LogP contribution < -0.4 is 20.5 Å². The molecule has 116 valence electrons. The highest BCUT2D eigenvalue weighted by Gasteiger charge is 2.10. The highest BCUT2D eigenvalue weighted by atomic mass is 16.5. The molecule has 0 unspecified atom stereocenters. The SMILES string of the molecule is COc1cc(OC)nc(NCCCc2[nH]nc(N)c2C#N)n1. The van der Waals surface area contributed by atoms with Crippen molar-refractivity contribution in [3.8, 4) is 17.8 Å². The van der Waals surface area contributed by atoms with Crippen LogP contribution in [0.3, 0.4) is 0 Å². The van der Waals surface area contributed by atoms with Crippen LogP contribution >= 0.6 is 0 Å². The lowest BCUT2D eigenvalue weighted by Gasteiger charge is -2.08. The third kappa shape index (κ3) is 3.54. The van der Waals surface area contributed by atoms with Crippen molar-refractivity contribution in [2.75, 3.05) is 31.8 Å². The Morgan fingerprint density at radius 2 is 2.00 bits per heavy atom. The van der Waals surface area contributed by atoms with E-state index in [-0.39, 0.29) is 5.82 Å². The average Bonchev–Trinajstić information content (AvgIpc) is 2.91. The molecule has 0 saturated heterocycles. The molecule has 0 bridgehead atoms. The van der Waals surface area contributed by atoms with Crippen molar-refractivity contribution >= 4 is 11.8 Å². The zero-order valence-electron chi connectivity index (χ0n) is 12.4. The summed E-state index contributed by atoms with van der Waals surface area (Å²) in [5.74, 6) is 1.48. The molecule has 9 heteroatoms. The van der Waals surface area contributed by atoms with Crippen LogP contribution in [-0.2, 0) is 6.42 Å². The van der Waals surface area contributed by atoms with Crippen molar-refractivity contribution < 1.29 is 9.47 Å². The maximum absolute atomic E-state index is 8.98. The summed E-state index contributed by atoms with van der Waals surface area (Å²) >= 11 is 0. The van der Waals surface area contributed by atoms with E-state index in [4.69, 9.17) is 20.5 Å². The van der Waals surface area contributed by atoms with Gasteiger partial charge in [0.2, 0.25) is 17.7 Å². The van der Waals surface area contributed by atoms with E-state index in [1.54, 1.807) is 6.07 Å². The maximum atomic E-state index is 8.98. The minimum atomic E-state index is 0.228. The first-order valence-corrected chi connectivity index (χ1v) is 6.61. The molecule has 0 aliphatic rings. The molecular weight excluding hydrogens is 286 g/mol. The van der Waals surface area contributed by atoms with E-state index in [0.717, 1.165) is 12.1 Å². The van der Waals surface area contributed by atoms with Gasteiger partial charge in [0, 0.05) is 6.54 Å². The fourth-order valence-electron chi connectivity index (χ4n) is 1.86. The summed E-state index contributed by atoms with van der Waals surface area (Å²) in [5, 5.41) is 18.6. The molecule has 0 fully saturated rings. The lowest BCUT2D eigenvalue weighted by molar-refractivity contribution is 0.373. The van der Waals surface area contributed by atoms with E-state index in [9.17, 15) is 0 Å². The van der Waals surface area contributed by atoms with E-state index in [1.807, 2.05) is 6.07 Å². The number of nitrogens with zero attached hydrogens (tertiary/aromatic N) is 4. The van der Waals surface area contributed by atoms with E-state index in [0.29, 0.717) is 36.2 Å². The number of hydrogen-bond acceptors (Lipinski definition) is 8. The van der Waals surface area contributed by atoms with E-state index in [1.165, 1.54) is 14.2 Å². The second-order valence-electron chi connectivity index (χ2n) is 4.38. The first-order chi connectivity index (χ1) is 10.7. The number of methoxy groups -OCH3 is 2. The molecule has 4 N–H and O–H groups in total. The van der Waals surface area contributed by atoms with Gasteiger partial charge in [-0.25, -0.2) is 0 Å². The predicted octanol–water partition coefficient (Wildman–Crippen LogP) is 0.715. The molecule has 0 atom stereocenters. The molecule has 0 radical (unpaired) electrons. The minimum Gasteiger partial charge on any atom is -0.481 e. The van der Waals surface area contributed by atoms with Crippen LogP contribution in [-0.4, -0.2) is 40.9 Å². The van der Waals surface area contributed by atoms with Crippen LogP contribution in [0.5, 0.6) is 11.8 Å². The first-order valence-electron chi connectivity index (χ1n) is 6.61. The molecule has 0 aromatic carbocycles. The fraction of sp³-hybridized carbons (Fsp3) is 0.385. The Hall–Kier alpha value is -3.02. The summed E-state index contributed by atoms with van der Waals surface area (Å²) in [4.78, 5) is 8.33. The van der Waals surface area contributed by atoms with Crippen LogP contribution in [0.25, 0.3) is 0 Å². The predicted molar refractivity (Wildman–Crippen MR) is 79.7 cm³/mol. The zero-order valence-corrected chi connectivity index (χ0v) is 12.4. The summed E-state index contributed by atoms with van der Waals surface area (Å²) < 4.78 is 10.1. The standard InChI is InChI=1S/C13H17N7O2/c1-21-10-6-11(22-2)18-13(17-10)16-5-3-4-9-8(7-14)12(15)20-19-9/h6H,3-5H2,1-2H3,(H3,15,19,20)(H,16,17,18). The normalized spacial score (nSPS) is 10.0. The largest absolute Gasteiger partial charge is 0.481 e. The highest BCUT2D eigenvalue weighted by molar-refractivity contribution is 5.50. The van der Waals surface area contributed by atoms with Gasteiger partial charge in [0.05, 0.1) is 26.0 Å². The molecular formula is C13H17N7O2. The minimum absolute atomic E-state index is 0.228. The van der Waals surface area contributed by atoms with Gasteiger partial charge in [-0.05, 0) is 12.8 Å². The number of nitrogen functional groups attached to an aromatic ring is 1. The second kappa shape index (κ2) is 7.12. The molecule has 0 aliphatic carbocycles. The molecule has 9 nitrogen and oxygen atoms in total. The number of ether oxygens (including phenoxy) is 2. The van der Waals surface area contributed by atoms with Crippen molar-refractivity contribution in [1.29, 1.82) is 5.26 Å². The molecule has 22 heavy (non-hydrogen) atoms. The van der Waals surface area contributed by atoms with Crippen LogP contribution in [0.1, 0.15) is 17.7 Å². The molecule has 0 amide bonds. The summed E-state index contributed by atoms with van der Waals surface area (Å²) in [5.41, 5.74) is 6.71. The van der Waals surface area contributed by atoms with Gasteiger partial charge in [0.25, 0.3) is 0 Å². The quantitative estimate of drug-likeness (QED) is 0.637. The third-order valence-electron chi connectivity index (χ3n) is 2.97. The summed E-state index contributed by atoms with van der Waals surface area (Å²) in [6.45, 7) is 0.611. The van der Waals surface area contributed by atoms with Gasteiger partial charge < -0.3 is 20.5 Å². The third-order valence-corrected chi connectivity index (χ3v) is 2.97. The number of aromatic nitrogens is 4. The number of nitrogens with two attached hydrogens (primary N) is 1. The van der Waals surface area contributed by atoms with Gasteiger partial charge in [-0.15, -0.1) is 0 Å². The number of anilines is 2. The molecule has 2 aromatic heterocycles. The summed E-state index contributed by atoms with van der Waals surface area (Å²) in [6, 6.07) is 3.63. The number of nitrogens with one attached hydrogen (secondary N) is 2. The van der Waals surface area contributed by atoms with Gasteiger partial charge >= 0.3 is 0 Å². The number of nitriles is 1. The molecule has 2 aromatic rings. The number of rotatable bonds is 7. The monoisotopic (exact) mass is 303 g/mol. The fourth-order valence-corrected chi connectivity index (χ4v) is 1.86. The molecule has 0 saturated carbocycles. The molecule has 0 aliphatic heterocycles. The van der Waals surface area contributed by atoms with E-state index >= 15 is 0 Å². The summed E-state index contributed by atoms with van der Waals surface area (Å²) in [6.07, 6.45) is 1.39. The van der Waals surface area contributed by atoms with E-state index < -0.39 is 0 Å². The Morgan fingerprint density at radius 3 is 2.59 bits per heavy atom. The van der Waals surface area contributed by atoms with Crippen molar-refractivity contribution in [2.24, 2.45) is 0 Å². The Balaban J connectivity index is 1.90. The van der Waals surface area contributed by atoms with Gasteiger partial charge in [0.1, 0.15) is 11.6 Å². The molecule has 2 heterocycles. The van der Waals surface area contributed by atoms with Crippen molar-refractivity contribution in [1.82, 2.24) is 20.2 Å². The number of hydrogen-bond donors (Lipinski definition) is 3. The molecule has 0 spiro atoms. The Morgan fingerprint density at radius 1 is 1.32 bits per heavy atom. The average molecular weight is 303 g/mol. The summed E-state index contributed by atoms with van der Waals surface area (Å²) in [7, 11) is 3.05. The van der Waals surface area contributed by atoms with Crippen LogP contribution in [0.15, 0.2) is 6.07 Å². The van der Waals surface area contributed by atoms with Gasteiger partial charge in [-0.1, -0.05) is 0 Å². The van der Waals surface area contributed by atoms with Crippen LogP contribution in [0.4, 0.5) is 11.8 Å². The number of H-pyrrole nitrogens is 1. The van der Waals surface area contributed by atoms with Crippen LogP contribution in [0, 0.1) is 11.3 Å². The lowest BCUT2D eigenvalue weighted by atomic mass is 10.1. The highest BCUT2D eigenvalue weighted by Crippen LogP contribution is 2.17. The Labute approximate surface area is 127 Å². The maximum Gasteiger partial charge on any atom is 0.229 e. The molecule has 2 rings (SSSR count). The van der Waals surface area contributed by atoms with E-state index in [2.05, 4.69) is 25.5 Å². The van der Waals surface area contributed by atoms with Crippen LogP contribution in [0.2, 0.25) is 0 Å². The van der Waals surface area contributed by atoms with Crippen molar-refractivity contribution in [2.45, 2.75) is 12.8 Å². The van der Waals surface area contributed by atoms with Crippen molar-refractivity contribution in [3.05, 3.63) is 17.3 Å². The Kier molecular flexibility index (Phi) is 4.98. The smallest absolute Gasteiger partial charge is 0.229 e. The lowest BCUT2D eigenvalue weighted by Crippen LogP contribution is -2.08. The van der Waals surface area contributed by atoms with Gasteiger partial charge in [-0.3, -0.25) is 5.10 Å². The zero-order chi connectivity index (χ0) is 15.9. The second-order valence-corrected chi connectivity index (χ2v) is 4.38. The van der Waals surface area contributed by atoms with Gasteiger partial charge in [-0.2, -0.15) is 20.3 Å². The Bertz CT molecular complexity index is 655. The topological polar surface area (TPSA) is 135 Å². The first kappa shape index (κ1) is 15.4. The van der Waals surface area contributed by atoms with Gasteiger partial charge in [0.15, 0.2) is 5.82 Å². The van der Waals surface area contributed by atoms with Crippen molar-refractivity contribution in [3.63, 3.8) is 0 Å². The number of aromatic amines is 1. The number of aryl methyl sites for hydroxylation is 1.